The molecule has 2 heterocycles. The number of rotatable bonds is 5. The van der Waals surface area contributed by atoms with Crippen molar-refractivity contribution in [1.29, 1.82) is 0 Å². The molecule has 0 fully saturated rings. The first kappa shape index (κ1) is 18.6. The molecule has 2 aromatic carbocycles. The summed E-state index contributed by atoms with van der Waals surface area (Å²) in [6.45, 7) is 1.68. The Bertz CT molecular complexity index is 1150. The van der Waals surface area contributed by atoms with E-state index >= 15 is 0 Å². The van der Waals surface area contributed by atoms with Crippen LogP contribution in [0.15, 0.2) is 65.3 Å². The average molecular weight is 410 g/mol. The molecule has 4 aromatic rings. The molecule has 0 saturated carbocycles. The number of anilines is 1. The topological polar surface area (TPSA) is 54.9 Å². The van der Waals surface area contributed by atoms with Crippen LogP contribution >= 0.6 is 23.1 Å². The van der Waals surface area contributed by atoms with Crippen molar-refractivity contribution in [1.82, 2.24) is 9.97 Å². The molecule has 0 aliphatic rings. The molecule has 4 rings (SSSR count). The van der Waals surface area contributed by atoms with Crippen LogP contribution in [-0.2, 0) is 4.79 Å². The summed E-state index contributed by atoms with van der Waals surface area (Å²) in [6.07, 6.45) is 1.52. The minimum Gasteiger partial charge on any atom is -0.325 e. The van der Waals surface area contributed by atoms with Gasteiger partial charge in [0.1, 0.15) is 22.0 Å². The van der Waals surface area contributed by atoms with E-state index in [1.165, 1.54) is 24.2 Å². The van der Waals surface area contributed by atoms with Gasteiger partial charge in [-0.2, -0.15) is 0 Å². The smallest absolute Gasteiger partial charge is 0.234 e. The largest absolute Gasteiger partial charge is 0.325 e. The summed E-state index contributed by atoms with van der Waals surface area (Å²) in [5, 5.41) is 6.51. The van der Waals surface area contributed by atoms with E-state index in [1.807, 2.05) is 30.3 Å². The number of hydrogen-bond acceptors (Lipinski definition) is 5. The Hall–Kier alpha value is -2.77. The zero-order chi connectivity index (χ0) is 19.5. The van der Waals surface area contributed by atoms with E-state index in [4.69, 9.17) is 0 Å². The summed E-state index contributed by atoms with van der Waals surface area (Å²) >= 11 is 2.90. The predicted octanol–water partition coefficient (Wildman–Crippen LogP) is 5.54. The quantitative estimate of drug-likeness (QED) is 0.347. The van der Waals surface area contributed by atoms with Gasteiger partial charge in [-0.25, -0.2) is 14.4 Å². The van der Waals surface area contributed by atoms with Crippen LogP contribution in [0.2, 0.25) is 0 Å². The van der Waals surface area contributed by atoms with Crippen molar-refractivity contribution in [2.45, 2.75) is 11.9 Å². The van der Waals surface area contributed by atoms with Crippen molar-refractivity contribution in [3.8, 4) is 11.1 Å². The summed E-state index contributed by atoms with van der Waals surface area (Å²) in [7, 11) is 0. The fourth-order valence-electron chi connectivity index (χ4n) is 2.79. The first-order chi connectivity index (χ1) is 13.6. The van der Waals surface area contributed by atoms with E-state index in [0.717, 1.165) is 26.4 Å². The number of thioether (sulfide) groups is 1. The molecular weight excluding hydrogens is 393 g/mol. The minimum atomic E-state index is -0.339. The van der Waals surface area contributed by atoms with Crippen LogP contribution in [0.3, 0.4) is 0 Å². The van der Waals surface area contributed by atoms with E-state index in [0.29, 0.717) is 11.3 Å². The third-order valence-electron chi connectivity index (χ3n) is 4.22. The second kappa shape index (κ2) is 8.08. The van der Waals surface area contributed by atoms with Gasteiger partial charge in [0.15, 0.2) is 0 Å². The molecule has 0 atom stereocenters. The predicted molar refractivity (Wildman–Crippen MR) is 113 cm³/mol. The maximum Gasteiger partial charge on any atom is 0.234 e. The van der Waals surface area contributed by atoms with Crippen LogP contribution in [0.4, 0.5) is 10.1 Å². The fraction of sp³-hybridized carbons (Fsp3) is 0.0952. The number of fused-ring (bicyclic) bond motifs is 1. The summed E-state index contributed by atoms with van der Waals surface area (Å²) in [6, 6.07) is 14.7. The number of aryl methyl sites for hydroxylation is 1. The lowest BCUT2D eigenvalue weighted by Gasteiger charge is -2.07. The number of halogens is 1. The number of nitrogens with one attached hydrogen (secondary N) is 1. The molecule has 140 valence electrons. The van der Waals surface area contributed by atoms with Gasteiger partial charge in [0.2, 0.25) is 5.91 Å². The summed E-state index contributed by atoms with van der Waals surface area (Å²) in [4.78, 5) is 21.9. The third kappa shape index (κ3) is 3.90. The standard InChI is InChI=1S/C21H16FN3OS2/c1-13-7-8-15(9-17(13)22)25-18(26)11-28-21-19-16(14-5-3-2-4-6-14)10-27-20(19)23-12-24-21/h2-10,12H,11H2,1H3,(H,25,26). The summed E-state index contributed by atoms with van der Waals surface area (Å²) < 4.78 is 13.7. The molecule has 0 bridgehead atoms. The molecule has 0 aliphatic heterocycles. The second-order valence-corrected chi connectivity index (χ2v) is 8.00. The Balaban J connectivity index is 1.54. The maximum atomic E-state index is 13.7. The molecule has 0 aliphatic carbocycles. The van der Waals surface area contributed by atoms with Crippen LogP contribution in [0.5, 0.6) is 0 Å². The Morgan fingerprint density at radius 2 is 2.00 bits per heavy atom. The number of carbonyl (C=O) groups is 1. The number of nitrogens with zero attached hydrogens (tertiary/aromatic N) is 2. The highest BCUT2D eigenvalue weighted by atomic mass is 32.2. The van der Waals surface area contributed by atoms with Gasteiger partial charge in [-0.15, -0.1) is 11.3 Å². The van der Waals surface area contributed by atoms with Crippen LogP contribution in [-0.4, -0.2) is 21.6 Å². The molecule has 0 unspecified atom stereocenters. The monoisotopic (exact) mass is 409 g/mol. The third-order valence-corrected chi connectivity index (χ3v) is 6.09. The Kier molecular flexibility index (Phi) is 5.36. The molecule has 1 amide bonds. The highest BCUT2D eigenvalue weighted by Gasteiger charge is 2.15. The lowest BCUT2D eigenvalue weighted by Crippen LogP contribution is -2.14. The van der Waals surface area contributed by atoms with Crippen molar-refractivity contribution in [3.05, 3.63) is 71.6 Å². The maximum absolute atomic E-state index is 13.7. The van der Waals surface area contributed by atoms with Gasteiger partial charge in [0.05, 0.1) is 11.1 Å². The number of thiophene rings is 1. The van der Waals surface area contributed by atoms with Gasteiger partial charge in [-0.1, -0.05) is 48.2 Å². The van der Waals surface area contributed by atoms with Gasteiger partial charge in [0.25, 0.3) is 0 Å². The van der Waals surface area contributed by atoms with E-state index in [1.54, 1.807) is 30.4 Å². The van der Waals surface area contributed by atoms with E-state index in [9.17, 15) is 9.18 Å². The summed E-state index contributed by atoms with van der Waals surface area (Å²) in [5.41, 5.74) is 3.14. The normalized spacial score (nSPS) is 10.9. The van der Waals surface area contributed by atoms with Crippen molar-refractivity contribution in [3.63, 3.8) is 0 Å². The van der Waals surface area contributed by atoms with Gasteiger partial charge in [-0.3, -0.25) is 4.79 Å². The number of benzene rings is 2. The van der Waals surface area contributed by atoms with Crippen LogP contribution < -0.4 is 5.32 Å². The average Bonchev–Trinajstić information content (AvgIpc) is 3.15. The molecule has 0 radical (unpaired) electrons. The lowest BCUT2D eigenvalue weighted by atomic mass is 10.1. The fourth-order valence-corrected chi connectivity index (χ4v) is 4.58. The highest BCUT2D eigenvalue weighted by molar-refractivity contribution is 8.00. The van der Waals surface area contributed by atoms with Crippen molar-refractivity contribution in [2.75, 3.05) is 11.1 Å². The molecule has 28 heavy (non-hydrogen) atoms. The zero-order valence-electron chi connectivity index (χ0n) is 15.0. The molecule has 0 saturated heterocycles. The molecule has 4 nitrogen and oxygen atoms in total. The lowest BCUT2D eigenvalue weighted by molar-refractivity contribution is -0.113. The Morgan fingerprint density at radius 3 is 2.79 bits per heavy atom. The number of aromatic nitrogens is 2. The zero-order valence-corrected chi connectivity index (χ0v) is 16.6. The highest BCUT2D eigenvalue weighted by Crippen LogP contribution is 2.37. The van der Waals surface area contributed by atoms with Crippen molar-refractivity contribution in [2.24, 2.45) is 0 Å². The Labute approximate surface area is 169 Å². The van der Waals surface area contributed by atoms with Crippen LogP contribution in [0.25, 0.3) is 21.3 Å². The van der Waals surface area contributed by atoms with Gasteiger partial charge in [0, 0.05) is 16.6 Å². The number of amides is 1. The van der Waals surface area contributed by atoms with Gasteiger partial charge < -0.3 is 5.32 Å². The van der Waals surface area contributed by atoms with E-state index in [2.05, 4.69) is 20.7 Å². The second-order valence-electron chi connectivity index (χ2n) is 6.18. The molecule has 0 spiro atoms. The number of carbonyl (C=O) groups excluding carboxylic acids is 1. The van der Waals surface area contributed by atoms with Gasteiger partial charge in [-0.05, 0) is 30.2 Å². The number of hydrogen-bond donors (Lipinski definition) is 1. The first-order valence-electron chi connectivity index (χ1n) is 8.58. The summed E-state index contributed by atoms with van der Waals surface area (Å²) in [5.74, 6) is -0.378. The minimum absolute atomic E-state index is 0.172. The molecule has 7 heteroatoms. The molecule has 1 N–H and O–H groups in total. The van der Waals surface area contributed by atoms with Crippen LogP contribution in [0, 0.1) is 12.7 Å². The molecular formula is C21H16FN3OS2. The first-order valence-corrected chi connectivity index (χ1v) is 10.4. The van der Waals surface area contributed by atoms with Crippen molar-refractivity contribution >= 4 is 44.9 Å². The van der Waals surface area contributed by atoms with Crippen molar-refractivity contribution < 1.29 is 9.18 Å². The van der Waals surface area contributed by atoms with Gasteiger partial charge >= 0.3 is 0 Å². The van der Waals surface area contributed by atoms with E-state index in [-0.39, 0.29) is 17.5 Å². The SMILES string of the molecule is Cc1ccc(NC(=O)CSc2ncnc3scc(-c4ccccc4)c23)cc1F. The van der Waals surface area contributed by atoms with Crippen LogP contribution in [0.1, 0.15) is 5.56 Å². The molecule has 2 aromatic heterocycles. The Morgan fingerprint density at radius 1 is 1.18 bits per heavy atom. The van der Waals surface area contributed by atoms with E-state index < -0.39 is 0 Å².